The molecular weight excluding hydrogens is 500 g/mol. The highest BCUT2D eigenvalue weighted by Crippen LogP contribution is 2.54. The molecule has 0 spiro atoms. The molecule has 2 aromatic carbocycles. The maximum atomic E-state index is 13.6. The van der Waals surface area contributed by atoms with Crippen LogP contribution in [0, 0.1) is 0 Å². The number of hydrogen-bond acceptors (Lipinski definition) is 4. The number of rotatable bonds is 6. The standard InChI is InChI=1S/C17H7Cl2F7N2O2S/c18-11-5-10(31-17(25,26)15(20,21)16(22,23)24)6-12(19)13(11)28-14(30)8-2-1-3-9(4-8)27-7-29/h1-6H,(H,28,30). The third-order valence-corrected chi connectivity index (χ3v) is 5.09. The molecule has 14 heteroatoms. The van der Waals surface area contributed by atoms with Gasteiger partial charge in [-0.3, -0.25) is 4.79 Å². The van der Waals surface area contributed by atoms with Gasteiger partial charge in [-0.2, -0.15) is 35.7 Å². The van der Waals surface area contributed by atoms with Crippen LogP contribution in [0.3, 0.4) is 0 Å². The molecule has 166 valence electrons. The quantitative estimate of drug-likeness (QED) is 0.197. The van der Waals surface area contributed by atoms with Crippen molar-refractivity contribution in [1.29, 1.82) is 0 Å². The van der Waals surface area contributed by atoms with Crippen LogP contribution in [0.25, 0.3) is 0 Å². The number of alkyl halides is 7. The largest absolute Gasteiger partial charge is 0.460 e. The van der Waals surface area contributed by atoms with E-state index in [9.17, 15) is 40.3 Å². The minimum Gasteiger partial charge on any atom is -0.319 e. The SMILES string of the molecule is O=C=Nc1cccc(C(=O)Nc2c(Cl)cc(SC(F)(F)C(F)(F)C(F)(F)F)cc2Cl)c1. The van der Waals surface area contributed by atoms with Gasteiger partial charge in [-0.05, 0) is 42.1 Å². The van der Waals surface area contributed by atoms with Crippen LogP contribution in [-0.4, -0.2) is 29.3 Å². The molecule has 0 radical (unpaired) electrons. The number of carbonyl (C=O) groups excluding carboxylic acids is 2. The normalized spacial score (nSPS) is 12.3. The predicted octanol–water partition coefficient (Wildman–Crippen LogP) is 7.10. The first-order valence-electron chi connectivity index (χ1n) is 7.69. The van der Waals surface area contributed by atoms with Crippen LogP contribution in [0.15, 0.2) is 46.3 Å². The van der Waals surface area contributed by atoms with Gasteiger partial charge in [0.1, 0.15) is 0 Å². The molecular formula is C17H7Cl2F7N2O2S. The highest BCUT2D eigenvalue weighted by molar-refractivity contribution is 8.00. The molecule has 1 amide bonds. The van der Waals surface area contributed by atoms with E-state index in [-0.39, 0.29) is 16.9 Å². The molecule has 0 unspecified atom stereocenters. The van der Waals surface area contributed by atoms with E-state index in [4.69, 9.17) is 23.2 Å². The molecule has 2 aromatic rings. The van der Waals surface area contributed by atoms with Crippen molar-refractivity contribution in [2.75, 3.05) is 5.32 Å². The van der Waals surface area contributed by atoms with Gasteiger partial charge in [0.15, 0.2) is 0 Å². The molecule has 0 aliphatic carbocycles. The summed E-state index contributed by atoms with van der Waals surface area (Å²) in [5.74, 6) is -7.15. The van der Waals surface area contributed by atoms with Gasteiger partial charge in [0.25, 0.3) is 5.91 Å². The van der Waals surface area contributed by atoms with Crippen LogP contribution in [0.4, 0.5) is 42.1 Å². The van der Waals surface area contributed by atoms with E-state index in [0.717, 1.165) is 0 Å². The maximum absolute atomic E-state index is 13.6. The Balaban J connectivity index is 2.29. The van der Waals surface area contributed by atoms with Crippen molar-refractivity contribution >= 4 is 58.3 Å². The molecule has 0 atom stereocenters. The molecule has 0 fully saturated rings. The number of isocyanates is 1. The molecule has 0 heterocycles. The van der Waals surface area contributed by atoms with E-state index in [1.54, 1.807) is 0 Å². The van der Waals surface area contributed by atoms with Gasteiger partial charge in [-0.15, -0.1) is 0 Å². The number of aliphatic imine (C=N–C) groups is 1. The Morgan fingerprint density at radius 3 is 2.10 bits per heavy atom. The summed E-state index contributed by atoms with van der Waals surface area (Å²) in [6, 6.07) is 6.58. The number of anilines is 1. The number of halogens is 9. The number of nitrogens with one attached hydrogen (secondary N) is 1. The van der Waals surface area contributed by atoms with Gasteiger partial charge in [-0.25, -0.2) is 4.79 Å². The Kier molecular flexibility index (Phi) is 7.32. The lowest BCUT2D eigenvalue weighted by molar-refractivity contribution is -0.330. The van der Waals surface area contributed by atoms with Crippen molar-refractivity contribution in [1.82, 2.24) is 0 Å². The fourth-order valence-electron chi connectivity index (χ4n) is 2.06. The molecule has 2 rings (SSSR count). The lowest BCUT2D eigenvalue weighted by Gasteiger charge is -2.27. The van der Waals surface area contributed by atoms with Crippen molar-refractivity contribution in [3.8, 4) is 0 Å². The van der Waals surface area contributed by atoms with Crippen LogP contribution in [0.2, 0.25) is 10.0 Å². The second kappa shape index (κ2) is 9.07. The van der Waals surface area contributed by atoms with E-state index in [1.807, 2.05) is 0 Å². The summed E-state index contributed by atoms with van der Waals surface area (Å²) in [4.78, 5) is 25.1. The lowest BCUT2D eigenvalue weighted by Crippen LogP contribution is -2.49. The van der Waals surface area contributed by atoms with E-state index < -0.39 is 50.0 Å². The minimum absolute atomic E-state index is 0.0153. The molecule has 0 aliphatic rings. The number of nitrogens with zero attached hydrogens (tertiary/aromatic N) is 1. The Hall–Kier alpha value is -2.27. The average Bonchev–Trinajstić information content (AvgIpc) is 2.63. The van der Waals surface area contributed by atoms with E-state index in [1.165, 1.54) is 30.3 Å². The Morgan fingerprint density at radius 2 is 1.58 bits per heavy atom. The van der Waals surface area contributed by atoms with Crippen LogP contribution >= 0.6 is 35.0 Å². The number of benzene rings is 2. The summed E-state index contributed by atoms with van der Waals surface area (Å²) >= 11 is 10.6. The van der Waals surface area contributed by atoms with Crippen LogP contribution in [0.1, 0.15) is 10.4 Å². The van der Waals surface area contributed by atoms with Crippen molar-refractivity contribution < 1.29 is 40.3 Å². The molecule has 0 saturated heterocycles. The number of carbonyl (C=O) groups is 1. The first-order chi connectivity index (χ1) is 14.2. The molecule has 0 aliphatic heterocycles. The Morgan fingerprint density at radius 1 is 1.00 bits per heavy atom. The second-order valence-corrected chi connectivity index (χ2v) is 7.66. The first kappa shape index (κ1) is 25.0. The minimum atomic E-state index is -6.49. The third kappa shape index (κ3) is 5.51. The second-order valence-electron chi connectivity index (χ2n) is 5.66. The van der Waals surface area contributed by atoms with Crippen molar-refractivity contribution in [2.24, 2.45) is 4.99 Å². The van der Waals surface area contributed by atoms with E-state index in [2.05, 4.69) is 10.3 Å². The smallest absolute Gasteiger partial charge is 0.319 e. The molecule has 31 heavy (non-hydrogen) atoms. The third-order valence-electron chi connectivity index (χ3n) is 3.50. The summed E-state index contributed by atoms with van der Waals surface area (Å²) in [5.41, 5.74) is -0.231. The highest BCUT2D eigenvalue weighted by atomic mass is 35.5. The van der Waals surface area contributed by atoms with Gasteiger partial charge in [0.2, 0.25) is 6.08 Å². The Labute approximate surface area is 183 Å². The molecule has 1 N–H and O–H groups in total. The topological polar surface area (TPSA) is 58.5 Å². The van der Waals surface area contributed by atoms with Crippen molar-refractivity contribution in [3.05, 3.63) is 52.0 Å². The zero-order valence-corrected chi connectivity index (χ0v) is 16.9. The van der Waals surface area contributed by atoms with Gasteiger partial charge in [0.05, 0.1) is 21.4 Å². The number of amides is 1. The summed E-state index contributed by atoms with van der Waals surface area (Å²) in [6.45, 7) is 0. The number of hydrogen-bond donors (Lipinski definition) is 1. The predicted molar refractivity (Wildman–Crippen MR) is 100 cm³/mol. The maximum Gasteiger partial charge on any atom is 0.460 e. The summed E-state index contributed by atoms with van der Waals surface area (Å²) in [6.07, 6.45) is -5.22. The lowest BCUT2D eigenvalue weighted by atomic mass is 10.2. The van der Waals surface area contributed by atoms with Crippen LogP contribution in [-0.2, 0) is 4.79 Å². The van der Waals surface area contributed by atoms with Crippen LogP contribution in [0.5, 0.6) is 0 Å². The zero-order chi connectivity index (χ0) is 23.6. The fraction of sp³-hybridized carbons (Fsp3) is 0.176. The zero-order valence-electron chi connectivity index (χ0n) is 14.5. The van der Waals surface area contributed by atoms with Crippen molar-refractivity contribution in [3.63, 3.8) is 0 Å². The van der Waals surface area contributed by atoms with E-state index >= 15 is 0 Å². The molecule has 0 bridgehead atoms. The summed E-state index contributed by atoms with van der Waals surface area (Å²) < 4.78 is 90.1. The first-order valence-corrected chi connectivity index (χ1v) is 9.26. The van der Waals surface area contributed by atoms with E-state index in [0.29, 0.717) is 12.1 Å². The van der Waals surface area contributed by atoms with Crippen molar-refractivity contribution in [2.45, 2.75) is 22.2 Å². The highest BCUT2D eigenvalue weighted by Gasteiger charge is 2.73. The van der Waals surface area contributed by atoms with Gasteiger partial charge in [-0.1, -0.05) is 29.3 Å². The van der Waals surface area contributed by atoms with Gasteiger partial charge in [0, 0.05) is 10.5 Å². The summed E-state index contributed by atoms with van der Waals surface area (Å²) in [7, 11) is 0. The molecule has 0 saturated carbocycles. The van der Waals surface area contributed by atoms with Gasteiger partial charge >= 0.3 is 17.4 Å². The fourth-order valence-corrected chi connectivity index (χ4v) is 3.66. The molecule has 0 aromatic heterocycles. The van der Waals surface area contributed by atoms with Gasteiger partial charge < -0.3 is 5.32 Å². The summed E-state index contributed by atoms with van der Waals surface area (Å²) in [5, 5.41) is -4.33. The number of thioether (sulfide) groups is 1. The Bertz CT molecular complexity index is 1030. The van der Waals surface area contributed by atoms with Crippen LogP contribution < -0.4 is 5.32 Å². The average molecular weight is 507 g/mol. The monoisotopic (exact) mass is 506 g/mol. The molecule has 4 nitrogen and oxygen atoms in total.